The van der Waals surface area contributed by atoms with Gasteiger partial charge in [-0.1, -0.05) is 37.4 Å². The molecule has 2 aliphatic rings. The van der Waals surface area contributed by atoms with E-state index in [1.807, 2.05) is 6.07 Å². The Hall–Kier alpha value is -0.600. The van der Waals surface area contributed by atoms with Gasteiger partial charge in [-0.2, -0.15) is 0 Å². The van der Waals surface area contributed by atoms with Crippen LogP contribution in [0.5, 0.6) is 0 Å². The number of nitrogens with one attached hydrogen (secondary N) is 1. The Bertz CT molecular complexity index is 464. The highest BCUT2D eigenvalue weighted by Crippen LogP contribution is 2.57. The summed E-state index contributed by atoms with van der Waals surface area (Å²) in [6, 6.07) is 5.73. The monoisotopic (exact) mass is 295 g/mol. The van der Waals surface area contributed by atoms with Crippen molar-refractivity contribution < 1.29 is 4.39 Å². The molecule has 3 unspecified atom stereocenters. The summed E-state index contributed by atoms with van der Waals surface area (Å²) in [5.74, 6) is 2.35. The molecule has 3 rings (SSSR count). The standard InChI is InChI=1S/C17H23ClFN/c1-2-20-16(17-12-5-3-4-6-13(12)17)10-11-7-8-14(18)15(19)9-11/h7-9,12-13,16-17,20H,2-6,10H2,1H3. The van der Waals surface area contributed by atoms with Crippen LogP contribution >= 0.6 is 11.6 Å². The van der Waals surface area contributed by atoms with Gasteiger partial charge in [0.1, 0.15) is 5.82 Å². The number of likely N-dealkylation sites (N-methyl/N-ethyl adjacent to an activating group) is 1. The predicted octanol–water partition coefficient (Wildman–Crippen LogP) is 4.44. The van der Waals surface area contributed by atoms with Gasteiger partial charge in [0, 0.05) is 6.04 Å². The first kappa shape index (κ1) is 14.3. The molecule has 0 bridgehead atoms. The molecule has 0 spiro atoms. The molecule has 0 radical (unpaired) electrons. The zero-order valence-electron chi connectivity index (χ0n) is 12.0. The first-order chi connectivity index (χ1) is 9.70. The first-order valence-electron chi connectivity index (χ1n) is 7.88. The first-order valence-corrected chi connectivity index (χ1v) is 8.25. The summed E-state index contributed by atoms with van der Waals surface area (Å²) in [5, 5.41) is 3.84. The van der Waals surface area contributed by atoms with Crippen molar-refractivity contribution in [2.75, 3.05) is 6.54 Å². The minimum absolute atomic E-state index is 0.217. The number of halogens is 2. The Labute approximate surface area is 125 Å². The Kier molecular flexibility index (Phi) is 4.32. The lowest BCUT2D eigenvalue weighted by Crippen LogP contribution is -2.34. The number of hydrogen-bond donors (Lipinski definition) is 1. The largest absolute Gasteiger partial charge is 0.314 e. The Balaban J connectivity index is 1.69. The lowest BCUT2D eigenvalue weighted by Gasteiger charge is -2.18. The highest BCUT2D eigenvalue weighted by Gasteiger charge is 2.53. The van der Waals surface area contributed by atoms with Crippen molar-refractivity contribution in [2.45, 2.75) is 45.1 Å². The van der Waals surface area contributed by atoms with E-state index in [0.717, 1.165) is 36.3 Å². The highest BCUT2D eigenvalue weighted by atomic mass is 35.5. The SMILES string of the molecule is CCNC(Cc1ccc(Cl)c(F)c1)C1C2CCCCC21. The second-order valence-corrected chi connectivity index (χ2v) is 6.71. The number of hydrogen-bond acceptors (Lipinski definition) is 1. The van der Waals surface area contributed by atoms with Crippen LogP contribution < -0.4 is 5.32 Å². The van der Waals surface area contributed by atoms with Crippen LogP contribution in [0, 0.1) is 23.6 Å². The molecule has 1 aromatic carbocycles. The molecule has 2 fully saturated rings. The van der Waals surface area contributed by atoms with Crippen molar-refractivity contribution in [1.29, 1.82) is 0 Å². The molecule has 2 aliphatic carbocycles. The fraction of sp³-hybridized carbons (Fsp3) is 0.647. The van der Waals surface area contributed by atoms with Gasteiger partial charge in [-0.15, -0.1) is 0 Å². The molecule has 110 valence electrons. The molecule has 3 atom stereocenters. The molecule has 0 amide bonds. The van der Waals surface area contributed by atoms with Crippen LogP contribution in [0.1, 0.15) is 38.2 Å². The van der Waals surface area contributed by atoms with Gasteiger partial charge in [0.25, 0.3) is 0 Å². The van der Waals surface area contributed by atoms with E-state index >= 15 is 0 Å². The van der Waals surface area contributed by atoms with Crippen LogP contribution in [-0.4, -0.2) is 12.6 Å². The number of rotatable bonds is 5. The highest BCUT2D eigenvalue weighted by molar-refractivity contribution is 6.30. The van der Waals surface area contributed by atoms with Crippen molar-refractivity contribution in [3.8, 4) is 0 Å². The summed E-state index contributed by atoms with van der Waals surface area (Å²) in [5.41, 5.74) is 1.06. The third-order valence-corrected chi connectivity index (χ3v) is 5.40. The summed E-state index contributed by atoms with van der Waals surface area (Å²) < 4.78 is 13.6. The van der Waals surface area contributed by atoms with E-state index < -0.39 is 0 Å². The summed E-state index contributed by atoms with van der Waals surface area (Å²) >= 11 is 5.76. The van der Waals surface area contributed by atoms with Crippen molar-refractivity contribution in [2.24, 2.45) is 17.8 Å². The van der Waals surface area contributed by atoms with E-state index in [1.54, 1.807) is 12.1 Å². The predicted molar refractivity (Wildman–Crippen MR) is 81.5 cm³/mol. The van der Waals surface area contributed by atoms with Gasteiger partial charge in [-0.3, -0.25) is 0 Å². The third kappa shape index (κ3) is 2.87. The summed E-state index contributed by atoms with van der Waals surface area (Å²) in [4.78, 5) is 0. The zero-order chi connectivity index (χ0) is 14.1. The van der Waals surface area contributed by atoms with Crippen LogP contribution in [0.3, 0.4) is 0 Å². The maximum atomic E-state index is 13.6. The molecule has 0 heterocycles. The fourth-order valence-electron chi connectivity index (χ4n) is 4.17. The van der Waals surface area contributed by atoms with E-state index in [0.29, 0.717) is 6.04 Å². The van der Waals surface area contributed by atoms with E-state index in [9.17, 15) is 4.39 Å². The Morgan fingerprint density at radius 1 is 1.30 bits per heavy atom. The van der Waals surface area contributed by atoms with Gasteiger partial charge in [-0.25, -0.2) is 4.39 Å². The molecule has 1 N–H and O–H groups in total. The molecular formula is C17H23ClFN. The van der Waals surface area contributed by atoms with Crippen LogP contribution in [0.2, 0.25) is 5.02 Å². The quantitative estimate of drug-likeness (QED) is 0.847. The molecule has 0 aliphatic heterocycles. The van der Waals surface area contributed by atoms with E-state index in [1.165, 1.54) is 25.7 Å². The normalized spacial score (nSPS) is 29.9. The van der Waals surface area contributed by atoms with Crippen LogP contribution in [-0.2, 0) is 6.42 Å². The van der Waals surface area contributed by atoms with Crippen LogP contribution in [0.4, 0.5) is 4.39 Å². The smallest absolute Gasteiger partial charge is 0.142 e. The average Bonchev–Trinajstić information content (AvgIpc) is 3.17. The summed E-state index contributed by atoms with van der Waals surface area (Å²) in [7, 11) is 0. The zero-order valence-corrected chi connectivity index (χ0v) is 12.8. The van der Waals surface area contributed by atoms with Gasteiger partial charge in [0.05, 0.1) is 5.02 Å². The molecule has 0 saturated heterocycles. The maximum Gasteiger partial charge on any atom is 0.142 e. The lowest BCUT2D eigenvalue weighted by atomic mass is 9.99. The van der Waals surface area contributed by atoms with Crippen molar-refractivity contribution in [3.63, 3.8) is 0 Å². The molecule has 2 saturated carbocycles. The fourth-order valence-corrected chi connectivity index (χ4v) is 4.29. The second kappa shape index (κ2) is 6.03. The Morgan fingerprint density at radius 3 is 2.60 bits per heavy atom. The van der Waals surface area contributed by atoms with Gasteiger partial charge < -0.3 is 5.32 Å². The lowest BCUT2D eigenvalue weighted by molar-refractivity contribution is 0.437. The minimum atomic E-state index is -0.298. The van der Waals surface area contributed by atoms with Gasteiger partial charge in [0.2, 0.25) is 0 Å². The molecule has 1 nitrogen and oxygen atoms in total. The second-order valence-electron chi connectivity index (χ2n) is 6.31. The van der Waals surface area contributed by atoms with Gasteiger partial charge in [0.15, 0.2) is 0 Å². The number of benzene rings is 1. The van der Waals surface area contributed by atoms with Crippen LogP contribution in [0.15, 0.2) is 18.2 Å². The van der Waals surface area contributed by atoms with Gasteiger partial charge in [-0.05, 0) is 61.3 Å². The molecule has 3 heteroatoms. The minimum Gasteiger partial charge on any atom is -0.314 e. The van der Waals surface area contributed by atoms with Crippen molar-refractivity contribution >= 4 is 11.6 Å². The molecule has 20 heavy (non-hydrogen) atoms. The van der Waals surface area contributed by atoms with E-state index in [-0.39, 0.29) is 10.8 Å². The Morgan fingerprint density at radius 2 is 2.00 bits per heavy atom. The molecule has 0 aromatic heterocycles. The average molecular weight is 296 g/mol. The van der Waals surface area contributed by atoms with Crippen molar-refractivity contribution in [1.82, 2.24) is 5.32 Å². The third-order valence-electron chi connectivity index (χ3n) is 5.09. The van der Waals surface area contributed by atoms with Gasteiger partial charge >= 0.3 is 0 Å². The van der Waals surface area contributed by atoms with Crippen molar-refractivity contribution in [3.05, 3.63) is 34.6 Å². The molecular weight excluding hydrogens is 273 g/mol. The van der Waals surface area contributed by atoms with E-state index in [2.05, 4.69) is 12.2 Å². The topological polar surface area (TPSA) is 12.0 Å². The molecule has 1 aromatic rings. The summed E-state index contributed by atoms with van der Waals surface area (Å²) in [6.45, 7) is 3.14. The van der Waals surface area contributed by atoms with E-state index in [4.69, 9.17) is 11.6 Å². The summed E-state index contributed by atoms with van der Waals surface area (Å²) in [6.07, 6.45) is 6.50. The maximum absolute atomic E-state index is 13.6. The number of fused-ring (bicyclic) bond motifs is 1. The van der Waals surface area contributed by atoms with Crippen LogP contribution in [0.25, 0.3) is 0 Å².